The quantitative estimate of drug-likeness (QED) is 0.331. The van der Waals surface area contributed by atoms with Gasteiger partial charge >= 0.3 is 11.7 Å². The lowest BCUT2D eigenvalue weighted by molar-refractivity contribution is -0.164. The zero-order valence-corrected chi connectivity index (χ0v) is 26.3. The van der Waals surface area contributed by atoms with Crippen LogP contribution in [0.2, 0.25) is 0 Å². The fourth-order valence-electron chi connectivity index (χ4n) is 3.42. The molecular weight excluding hydrogens is 575 g/mol. The number of aromatic nitrogens is 2. The van der Waals surface area contributed by atoms with Gasteiger partial charge in [0, 0.05) is 0 Å². The van der Waals surface area contributed by atoms with Crippen LogP contribution in [0, 0.1) is 6.92 Å². The summed E-state index contributed by atoms with van der Waals surface area (Å²) in [6, 6.07) is 8.97. The van der Waals surface area contributed by atoms with Crippen LogP contribution in [0.15, 0.2) is 43.7 Å². The first kappa shape index (κ1) is 33.7. The molecule has 10 heteroatoms. The van der Waals surface area contributed by atoms with E-state index in [1.807, 2.05) is 19.9 Å². The SMILES string of the molecule is CC.CC(C)F.Cc1c(Br)sc2c1c(=O)n(C(C)(C)C(=O)OC(C)(C)C)c(=O)n2CC(O)c1ccccc1. The molecule has 1 atom stereocenters. The number of aliphatic hydroxyl groups is 1. The van der Waals surface area contributed by atoms with Gasteiger partial charge in [0.05, 0.1) is 28.0 Å². The fraction of sp³-hybridized carbons (Fsp3) is 0.536. The van der Waals surface area contributed by atoms with Crippen LogP contribution in [0.4, 0.5) is 4.39 Å². The molecular formula is C28H40BrFN2O5S. The van der Waals surface area contributed by atoms with Crippen LogP contribution in [-0.4, -0.2) is 32.0 Å². The van der Waals surface area contributed by atoms with Gasteiger partial charge in [-0.05, 0) is 82.4 Å². The van der Waals surface area contributed by atoms with E-state index in [0.717, 1.165) is 4.57 Å². The van der Waals surface area contributed by atoms with E-state index in [4.69, 9.17) is 4.74 Å². The highest BCUT2D eigenvalue weighted by atomic mass is 79.9. The third-order valence-corrected chi connectivity index (χ3v) is 7.34. The maximum Gasteiger partial charge on any atom is 0.333 e. The number of hydrogen-bond acceptors (Lipinski definition) is 6. The summed E-state index contributed by atoms with van der Waals surface area (Å²) in [6.07, 6.45) is -1.64. The van der Waals surface area contributed by atoms with E-state index in [9.17, 15) is 23.9 Å². The Morgan fingerprint density at radius 3 is 2.08 bits per heavy atom. The molecule has 2 aromatic heterocycles. The van der Waals surface area contributed by atoms with E-state index < -0.39 is 40.6 Å². The van der Waals surface area contributed by atoms with Crippen molar-refractivity contribution in [1.82, 2.24) is 9.13 Å². The van der Waals surface area contributed by atoms with Gasteiger partial charge in [0.1, 0.15) is 16.0 Å². The molecule has 2 heterocycles. The van der Waals surface area contributed by atoms with Crippen LogP contribution in [0.3, 0.4) is 0 Å². The van der Waals surface area contributed by atoms with Gasteiger partial charge in [-0.25, -0.2) is 18.5 Å². The summed E-state index contributed by atoms with van der Waals surface area (Å²) in [7, 11) is 0. The average Bonchev–Trinajstić information content (AvgIpc) is 3.11. The second kappa shape index (κ2) is 13.7. The number of hydrogen-bond donors (Lipinski definition) is 1. The number of carbonyl (C=O) groups excluding carboxylic acids is 1. The second-order valence-electron chi connectivity index (χ2n) is 10.2. The summed E-state index contributed by atoms with van der Waals surface area (Å²) in [5, 5.41) is 11.1. The van der Waals surface area contributed by atoms with E-state index in [-0.39, 0.29) is 6.54 Å². The number of rotatable bonds is 5. The molecule has 0 aliphatic carbocycles. The number of thiophene rings is 1. The fourth-order valence-corrected chi connectivity index (χ4v) is 5.11. The molecule has 212 valence electrons. The lowest BCUT2D eigenvalue weighted by Gasteiger charge is -2.30. The molecule has 0 saturated heterocycles. The van der Waals surface area contributed by atoms with E-state index in [0.29, 0.717) is 25.1 Å². The number of fused-ring (bicyclic) bond motifs is 1. The number of halogens is 2. The Labute approximate surface area is 236 Å². The van der Waals surface area contributed by atoms with Gasteiger partial charge in [0.15, 0.2) is 0 Å². The first-order valence-electron chi connectivity index (χ1n) is 12.5. The number of carbonyl (C=O) groups is 1. The third kappa shape index (κ3) is 8.10. The molecule has 0 radical (unpaired) electrons. The molecule has 0 spiro atoms. The minimum absolute atomic E-state index is 0.0730. The maximum absolute atomic E-state index is 13.6. The van der Waals surface area contributed by atoms with Crippen molar-refractivity contribution in [3.05, 3.63) is 66.1 Å². The molecule has 7 nitrogen and oxygen atoms in total. The number of aliphatic hydroxyl groups excluding tert-OH is 1. The number of aryl methyl sites for hydroxylation is 1. The van der Waals surface area contributed by atoms with Crippen LogP contribution < -0.4 is 11.2 Å². The van der Waals surface area contributed by atoms with Gasteiger partial charge in [0.2, 0.25) is 0 Å². The van der Waals surface area contributed by atoms with E-state index >= 15 is 0 Å². The normalized spacial score (nSPS) is 12.4. The van der Waals surface area contributed by atoms with E-state index in [1.165, 1.54) is 43.6 Å². The molecule has 0 bridgehead atoms. The van der Waals surface area contributed by atoms with E-state index in [2.05, 4.69) is 15.9 Å². The van der Waals surface area contributed by atoms with Gasteiger partial charge < -0.3 is 9.84 Å². The zero-order valence-electron chi connectivity index (χ0n) is 23.9. The first-order chi connectivity index (χ1) is 17.5. The predicted octanol–water partition coefficient (Wildman–Crippen LogP) is 6.50. The number of alkyl halides is 1. The Morgan fingerprint density at radius 1 is 1.11 bits per heavy atom. The van der Waals surface area contributed by atoms with Crippen LogP contribution in [-0.2, 0) is 21.6 Å². The molecule has 0 amide bonds. The average molecular weight is 616 g/mol. The topological polar surface area (TPSA) is 90.5 Å². The van der Waals surface area contributed by atoms with Crippen molar-refractivity contribution in [2.45, 2.75) is 99.2 Å². The Bertz CT molecular complexity index is 1330. The predicted molar refractivity (Wildman–Crippen MR) is 157 cm³/mol. The molecule has 0 aliphatic heterocycles. The standard InChI is InChI=1S/C23H27BrN2O5S.C3H7F.C2H6/c1-13-16-18(28)26(23(5,6)20(29)31-22(2,3)4)21(30)25(19(16)32-17(13)24)12-15(27)14-10-8-7-9-11-14;1-3(2)4;1-2/h7-11,15,27H,12H2,1-6H3;3H,1-2H3;1-2H3. The summed E-state index contributed by atoms with van der Waals surface area (Å²) in [6.45, 7) is 16.9. The van der Waals surface area contributed by atoms with Gasteiger partial charge in [-0.1, -0.05) is 44.2 Å². The Kier molecular flexibility index (Phi) is 12.1. The number of ether oxygens (including phenoxy) is 1. The van der Waals surface area contributed by atoms with Crippen molar-refractivity contribution in [2.24, 2.45) is 0 Å². The molecule has 3 aromatic rings. The molecule has 1 aromatic carbocycles. The van der Waals surface area contributed by atoms with Crippen molar-refractivity contribution in [3.8, 4) is 0 Å². The number of nitrogens with zero attached hydrogens (tertiary/aromatic N) is 2. The minimum atomic E-state index is -1.56. The lowest BCUT2D eigenvalue weighted by atomic mass is 10.0. The van der Waals surface area contributed by atoms with Crippen LogP contribution in [0.1, 0.15) is 79.5 Å². The Hall–Kier alpha value is -2.30. The monoisotopic (exact) mass is 614 g/mol. The highest BCUT2D eigenvalue weighted by Crippen LogP contribution is 2.33. The molecule has 1 N–H and O–H groups in total. The van der Waals surface area contributed by atoms with Gasteiger partial charge in [-0.3, -0.25) is 9.36 Å². The summed E-state index contributed by atoms with van der Waals surface area (Å²) in [4.78, 5) is 40.5. The molecule has 3 rings (SSSR count). The molecule has 1 unspecified atom stereocenters. The summed E-state index contributed by atoms with van der Waals surface area (Å²) < 4.78 is 19.5. The van der Waals surface area contributed by atoms with Crippen molar-refractivity contribution in [2.75, 3.05) is 0 Å². The van der Waals surface area contributed by atoms with E-state index in [1.54, 1.807) is 52.0 Å². The van der Waals surface area contributed by atoms with Crippen LogP contribution >= 0.6 is 27.3 Å². The van der Waals surface area contributed by atoms with Crippen molar-refractivity contribution < 1.29 is 19.0 Å². The van der Waals surface area contributed by atoms with Crippen molar-refractivity contribution in [3.63, 3.8) is 0 Å². The molecule has 0 saturated carbocycles. The lowest BCUT2D eigenvalue weighted by Crippen LogP contribution is -2.54. The number of esters is 1. The maximum atomic E-state index is 13.6. The summed E-state index contributed by atoms with van der Waals surface area (Å²) >= 11 is 4.70. The highest BCUT2D eigenvalue weighted by molar-refractivity contribution is 9.11. The minimum Gasteiger partial charge on any atom is -0.458 e. The molecule has 0 aliphatic rings. The second-order valence-corrected chi connectivity index (χ2v) is 12.5. The number of benzene rings is 1. The zero-order chi connectivity index (χ0) is 29.6. The van der Waals surface area contributed by atoms with Crippen molar-refractivity contribution in [1.29, 1.82) is 0 Å². The Balaban J connectivity index is 0.00000110. The van der Waals surface area contributed by atoms with Gasteiger partial charge in [-0.15, -0.1) is 11.3 Å². The van der Waals surface area contributed by atoms with Gasteiger partial charge in [0.25, 0.3) is 5.56 Å². The largest absolute Gasteiger partial charge is 0.458 e. The molecule has 38 heavy (non-hydrogen) atoms. The van der Waals surface area contributed by atoms with Crippen molar-refractivity contribution >= 4 is 43.5 Å². The van der Waals surface area contributed by atoms with Gasteiger partial charge in [-0.2, -0.15) is 0 Å². The highest BCUT2D eigenvalue weighted by Gasteiger charge is 2.38. The van der Waals surface area contributed by atoms with Crippen LogP contribution in [0.25, 0.3) is 10.2 Å². The first-order valence-corrected chi connectivity index (χ1v) is 14.2. The smallest absolute Gasteiger partial charge is 0.333 e. The Morgan fingerprint density at radius 2 is 1.61 bits per heavy atom. The third-order valence-electron chi connectivity index (χ3n) is 5.15. The van der Waals surface area contributed by atoms with Crippen LogP contribution in [0.5, 0.6) is 0 Å². The summed E-state index contributed by atoms with van der Waals surface area (Å²) in [5.41, 5.74) is -2.27. The molecule has 0 fully saturated rings. The summed E-state index contributed by atoms with van der Waals surface area (Å²) in [5.74, 6) is -0.689.